The van der Waals surface area contributed by atoms with Crippen molar-refractivity contribution in [2.45, 2.75) is 114 Å². The third kappa shape index (κ3) is 9.09. The molecular weight excluding hydrogens is 896 g/mol. The van der Waals surface area contributed by atoms with Crippen molar-refractivity contribution in [3.63, 3.8) is 0 Å². The molecule has 1 unspecified atom stereocenters. The fraction of sp³-hybridized carbons (Fsp3) is 0.481. The number of aromatic nitrogens is 4. The lowest BCUT2D eigenvalue weighted by Gasteiger charge is -2.56. The summed E-state index contributed by atoms with van der Waals surface area (Å²) in [7, 11) is -3.04. The first-order valence-corrected chi connectivity index (χ1v) is 26.0. The van der Waals surface area contributed by atoms with Gasteiger partial charge in [0.2, 0.25) is 0 Å². The number of imidazole rings is 1. The number of nitroso groups, excluding NO2 is 1. The molecular formula is C52H63FN10O5S. The minimum absolute atomic E-state index is 0.00899. The summed E-state index contributed by atoms with van der Waals surface area (Å²) in [6, 6.07) is 20.3. The van der Waals surface area contributed by atoms with E-state index in [0.717, 1.165) is 49.6 Å². The van der Waals surface area contributed by atoms with Crippen molar-refractivity contribution in [2.24, 2.45) is 17.6 Å². The molecule has 1 atom stereocenters. The lowest BCUT2D eigenvalue weighted by molar-refractivity contribution is -0.0227. The molecule has 1 amide bonds. The number of sulfonamides is 1. The van der Waals surface area contributed by atoms with Crippen LogP contribution in [0.1, 0.15) is 113 Å². The number of halogens is 1. The summed E-state index contributed by atoms with van der Waals surface area (Å²) in [5, 5.41) is 7.06. The highest BCUT2D eigenvalue weighted by molar-refractivity contribution is 7.90. The monoisotopic (exact) mass is 958 g/mol. The third-order valence-electron chi connectivity index (χ3n) is 15.6. The summed E-state index contributed by atoms with van der Waals surface area (Å²) in [5.41, 5.74) is 3.34. The number of pyridine rings is 1. The lowest BCUT2D eigenvalue weighted by atomic mass is 9.59. The highest BCUT2D eigenvalue weighted by atomic mass is 32.2. The van der Waals surface area contributed by atoms with Gasteiger partial charge in [-0.3, -0.25) is 9.69 Å². The molecule has 69 heavy (non-hydrogen) atoms. The van der Waals surface area contributed by atoms with Gasteiger partial charge in [-0.25, -0.2) is 27.5 Å². The van der Waals surface area contributed by atoms with Crippen LogP contribution in [0.25, 0.3) is 22.1 Å². The van der Waals surface area contributed by atoms with E-state index in [-0.39, 0.29) is 40.3 Å². The number of nitrogens with zero attached hydrogens (tertiary/aromatic N) is 7. The van der Waals surface area contributed by atoms with Crippen molar-refractivity contribution in [2.75, 3.05) is 49.5 Å². The second kappa shape index (κ2) is 18.4. The number of benzene rings is 3. The van der Waals surface area contributed by atoms with Crippen molar-refractivity contribution in [3.8, 4) is 11.5 Å². The molecule has 3 aromatic heterocycles. The average Bonchev–Trinajstić information content (AvgIpc) is 4.10. The Morgan fingerprint density at radius 3 is 2.48 bits per heavy atom. The first-order valence-electron chi connectivity index (χ1n) is 24.5. The second-order valence-corrected chi connectivity index (χ2v) is 22.2. The lowest BCUT2D eigenvalue weighted by Crippen LogP contribution is -2.54. The number of ether oxygens (including phenoxy) is 1. The number of nitrogens with one attached hydrogen (secondary N) is 3. The first kappa shape index (κ1) is 46.8. The van der Waals surface area contributed by atoms with Crippen molar-refractivity contribution in [1.82, 2.24) is 34.0 Å². The smallest absolute Gasteiger partial charge is 0.268 e. The number of carbonyl (C=O) groups excluding carboxylic acids is 1. The van der Waals surface area contributed by atoms with Gasteiger partial charge in [0.15, 0.2) is 0 Å². The van der Waals surface area contributed by atoms with Crippen LogP contribution in [-0.4, -0.2) is 101 Å². The van der Waals surface area contributed by atoms with E-state index in [1.165, 1.54) is 43.1 Å². The Bertz CT molecular complexity index is 3000. The molecule has 3 aromatic carbocycles. The number of aromatic amines is 1. The van der Waals surface area contributed by atoms with Gasteiger partial charge in [0.05, 0.1) is 29.3 Å². The molecule has 0 bridgehead atoms. The van der Waals surface area contributed by atoms with Crippen molar-refractivity contribution in [1.29, 1.82) is 0 Å². The maximum Gasteiger partial charge on any atom is 0.268 e. The molecule has 6 aromatic rings. The number of alkyl halides is 1. The van der Waals surface area contributed by atoms with E-state index in [2.05, 4.69) is 96.8 Å². The molecule has 4 aliphatic rings. The van der Waals surface area contributed by atoms with Gasteiger partial charge in [-0.1, -0.05) is 38.1 Å². The number of H-pyrrole nitrogens is 1. The zero-order valence-corrected chi connectivity index (χ0v) is 41.0. The standard InChI is InChI=1S/C52H63FN10O5S/c1-33(2)39-9-6-7-10-40(39)43-11-8-20-63(43)37-28-51(29-37)15-21-62(22-16-51)36-12-13-41(44(26-36)68-38-25-35-14-19-54-49(35)55-30-38)50(64)59-69(66,67)45-27-42(58-65)46(48-47(45)57-32-60(48)5)56-31-52(53)17-23-61(24-18-52)34(3)4/h6-7,9-10,12-14,19,25-27,30,32-34,37,43,56H,8,11,15-18,20-24,28-29,31H2,1-5H3,(H,54,55)(H,59,64). The minimum Gasteiger partial charge on any atom is -0.455 e. The second-order valence-electron chi connectivity index (χ2n) is 20.6. The van der Waals surface area contributed by atoms with Crippen molar-refractivity contribution < 1.29 is 22.3 Å². The van der Waals surface area contributed by atoms with Gasteiger partial charge >= 0.3 is 0 Å². The zero-order chi connectivity index (χ0) is 48.2. The highest BCUT2D eigenvalue weighted by Crippen LogP contribution is 2.54. The molecule has 3 saturated heterocycles. The van der Waals surface area contributed by atoms with Gasteiger partial charge in [0.1, 0.15) is 38.9 Å². The van der Waals surface area contributed by atoms with E-state index >= 15 is 4.39 Å². The van der Waals surface area contributed by atoms with Gasteiger partial charge in [-0.15, -0.1) is 4.91 Å². The van der Waals surface area contributed by atoms with Crippen LogP contribution in [0, 0.1) is 10.3 Å². The number of likely N-dealkylation sites (tertiary alicyclic amines) is 2. The molecule has 3 N–H and O–H groups in total. The summed E-state index contributed by atoms with van der Waals surface area (Å²) >= 11 is 0. The molecule has 1 saturated carbocycles. The molecule has 364 valence electrons. The van der Waals surface area contributed by atoms with Crippen LogP contribution in [0.3, 0.4) is 0 Å². The number of piperidine rings is 2. The summed E-state index contributed by atoms with van der Waals surface area (Å²) in [6.07, 6.45) is 12.3. The Balaban J connectivity index is 0.871. The molecule has 17 heteroatoms. The summed E-state index contributed by atoms with van der Waals surface area (Å²) in [6.45, 7) is 12.6. The molecule has 15 nitrogen and oxygen atoms in total. The van der Waals surface area contributed by atoms with Gasteiger partial charge < -0.3 is 29.4 Å². The van der Waals surface area contributed by atoms with Crippen LogP contribution in [0.5, 0.6) is 11.5 Å². The fourth-order valence-electron chi connectivity index (χ4n) is 11.6. The van der Waals surface area contributed by atoms with Crippen LogP contribution in [0.4, 0.5) is 21.5 Å². The van der Waals surface area contributed by atoms with Gasteiger partial charge in [0.25, 0.3) is 15.9 Å². The number of carbonyl (C=O) groups is 1. The van der Waals surface area contributed by atoms with E-state index in [1.54, 1.807) is 42.2 Å². The normalized spacial score (nSPS) is 20.0. The van der Waals surface area contributed by atoms with Crippen LogP contribution < -0.4 is 19.7 Å². The predicted octanol–water partition coefficient (Wildman–Crippen LogP) is 10.1. The maximum absolute atomic E-state index is 16.1. The number of anilines is 2. The van der Waals surface area contributed by atoms with Gasteiger partial charge in [-0.05, 0) is 130 Å². The Morgan fingerprint density at radius 2 is 1.74 bits per heavy atom. The van der Waals surface area contributed by atoms with E-state index < -0.39 is 26.5 Å². The topological polar surface area (TPSA) is 170 Å². The number of aryl methyl sites for hydroxylation is 1. The quantitative estimate of drug-likeness (QED) is 0.0888. The summed E-state index contributed by atoms with van der Waals surface area (Å²) < 4.78 is 54.9. The minimum atomic E-state index is -4.69. The molecule has 1 spiro atoms. The van der Waals surface area contributed by atoms with Gasteiger partial charge in [-0.2, -0.15) is 0 Å². The maximum atomic E-state index is 16.1. The number of rotatable bonds is 14. The van der Waals surface area contributed by atoms with Crippen LogP contribution in [0.2, 0.25) is 0 Å². The van der Waals surface area contributed by atoms with Crippen molar-refractivity contribution in [3.05, 3.63) is 101 Å². The summed E-state index contributed by atoms with van der Waals surface area (Å²) in [5.74, 6) is 0.0659. The molecule has 10 rings (SSSR count). The van der Waals surface area contributed by atoms with Crippen LogP contribution >= 0.6 is 0 Å². The third-order valence-corrected chi connectivity index (χ3v) is 17.0. The zero-order valence-electron chi connectivity index (χ0n) is 40.2. The number of amides is 1. The van der Waals surface area contributed by atoms with Crippen LogP contribution in [0.15, 0.2) is 89.5 Å². The number of hydrogen-bond acceptors (Lipinski definition) is 12. The first-order chi connectivity index (χ1) is 33.1. The predicted molar refractivity (Wildman–Crippen MR) is 268 cm³/mol. The Morgan fingerprint density at radius 1 is 0.971 bits per heavy atom. The van der Waals surface area contributed by atoms with Crippen molar-refractivity contribution >= 4 is 55.1 Å². The number of hydrogen-bond donors (Lipinski definition) is 3. The Labute approximate surface area is 403 Å². The average molecular weight is 959 g/mol. The number of fused-ring (bicyclic) bond motifs is 2. The SMILES string of the molecule is CC(C)c1ccccc1C1CCCN1C1CC2(CCN(c3ccc(C(=O)NS(=O)(=O)c4cc(N=O)c(NCC5(F)CCN(C(C)C)CC5)c5c4ncn5C)c(Oc4cnc5[nH]ccc5c4)c3)CC2)C1. The van der Waals surface area contributed by atoms with E-state index in [0.29, 0.717) is 66.8 Å². The molecule has 6 heterocycles. The molecule has 4 fully saturated rings. The molecule has 1 aliphatic carbocycles. The van der Waals surface area contributed by atoms with E-state index in [9.17, 15) is 18.1 Å². The van der Waals surface area contributed by atoms with E-state index in [1.807, 2.05) is 12.1 Å². The summed E-state index contributed by atoms with van der Waals surface area (Å²) in [4.78, 5) is 45.5. The van der Waals surface area contributed by atoms with Crippen LogP contribution in [-0.2, 0) is 17.1 Å². The highest BCUT2D eigenvalue weighted by Gasteiger charge is 2.50. The Hall–Kier alpha value is -5.91. The van der Waals surface area contributed by atoms with Gasteiger partial charge in [0, 0.05) is 81.2 Å². The molecule has 3 aliphatic heterocycles. The molecule has 0 radical (unpaired) electrons. The van der Waals surface area contributed by atoms with E-state index in [4.69, 9.17) is 4.74 Å². The fourth-order valence-corrected chi connectivity index (χ4v) is 12.8. The Kier molecular flexibility index (Phi) is 12.5. The largest absolute Gasteiger partial charge is 0.455 e.